The molecule has 1 aromatic carbocycles. The molecule has 3 rings (SSSR count). The molecule has 2 aliphatic rings. The molecule has 3 atom stereocenters. The van der Waals surface area contributed by atoms with Crippen LogP contribution in [0.4, 0.5) is 5.69 Å². The highest BCUT2D eigenvalue weighted by molar-refractivity contribution is 5.95. The summed E-state index contributed by atoms with van der Waals surface area (Å²) in [4.78, 5) is 26.2. The van der Waals surface area contributed by atoms with Crippen LogP contribution in [0.3, 0.4) is 0 Å². The number of para-hydroxylation sites is 1. The minimum absolute atomic E-state index is 0.114. The fourth-order valence-electron chi connectivity index (χ4n) is 3.54. The van der Waals surface area contributed by atoms with Crippen molar-refractivity contribution in [2.75, 3.05) is 18.1 Å². The second-order valence-corrected chi connectivity index (χ2v) is 6.28. The van der Waals surface area contributed by atoms with Crippen LogP contribution in [0.1, 0.15) is 19.3 Å². The molecule has 0 radical (unpaired) electrons. The molecule has 5 nitrogen and oxygen atoms in total. The smallest absolute Gasteiger partial charge is 0.310 e. The number of anilines is 1. The lowest BCUT2D eigenvalue weighted by molar-refractivity contribution is -0.152. The lowest BCUT2D eigenvalue weighted by Crippen LogP contribution is -2.36. The fraction of sp³-hybridized carbons (Fsp3) is 0.421. The van der Waals surface area contributed by atoms with Gasteiger partial charge in [0.05, 0.1) is 18.4 Å². The van der Waals surface area contributed by atoms with Crippen molar-refractivity contribution >= 4 is 17.6 Å². The van der Waals surface area contributed by atoms with E-state index < -0.39 is 0 Å². The Bertz CT molecular complexity index is 678. The Morgan fingerprint density at radius 1 is 1.21 bits per heavy atom. The third-order valence-electron chi connectivity index (χ3n) is 4.74. The molecular formula is C19H20N2O3. The molecule has 0 N–H and O–H groups in total. The quantitative estimate of drug-likeness (QED) is 0.596. The van der Waals surface area contributed by atoms with E-state index in [0.717, 1.165) is 12.8 Å². The largest absolute Gasteiger partial charge is 0.455 e. The molecule has 5 heteroatoms. The number of benzene rings is 1. The van der Waals surface area contributed by atoms with Crippen LogP contribution in [0, 0.1) is 29.1 Å². The average molecular weight is 324 g/mol. The maximum Gasteiger partial charge on any atom is 0.310 e. The number of nitriles is 1. The van der Waals surface area contributed by atoms with E-state index in [4.69, 9.17) is 10.00 Å². The number of fused-ring (bicyclic) bond motifs is 2. The summed E-state index contributed by atoms with van der Waals surface area (Å²) in [5, 5.41) is 8.79. The Kier molecular flexibility index (Phi) is 4.95. The Morgan fingerprint density at radius 3 is 2.62 bits per heavy atom. The van der Waals surface area contributed by atoms with Crippen LogP contribution >= 0.6 is 0 Å². The molecule has 1 amide bonds. The molecule has 2 bridgehead atoms. The first-order valence-electron chi connectivity index (χ1n) is 8.26. The predicted molar refractivity (Wildman–Crippen MR) is 88.8 cm³/mol. The number of rotatable bonds is 6. The van der Waals surface area contributed by atoms with Gasteiger partial charge in [-0.2, -0.15) is 5.26 Å². The van der Waals surface area contributed by atoms with Crippen molar-refractivity contribution in [2.45, 2.75) is 19.3 Å². The molecule has 24 heavy (non-hydrogen) atoms. The fourth-order valence-corrected chi connectivity index (χ4v) is 3.54. The van der Waals surface area contributed by atoms with Gasteiger partial charge in [0.25, 0.3) is 5.91 Å². The molecular weight excluding hydrogens is 304 g/mol. The van der Waals surface area contributed by atoms with Crippen LogP contribution in [-0.4, -0.2) is 25.0 Å². The van der Waals surface area contributed by atoms with E-state index >= 15 is 0 Å². The molecule has 0 unspecified atom stereocenters. The van der Waals surface area contributed by atoms with Crippen LogP contribution in [-0.2, 0) is 14.3 Å². The normalized spacial score (nSPS) is 23.7. The van der Waals surface area contributed by atoms with Crippen molar-refractivity contribution in [1.82, 2.24) is 0 Å². The average Bonchev–Trinajstić information content (AvgIpc) is 3.24. The number of hydrogen-bond donors (Lipinski definition) is 0. The first-order chi connectivity index (χ1) is 11.7. The van der Waals surface area contributed by atoms with Crippen molar-refractivity contribution in [3.05, 3.63) is 42.5 Å². The highest BCUT2D eigenvalue weighted by Crippen LogP contribution is 2.43. The van der Waals surface area contributed by atoms with E-state index in [1.54, 1.807) is 12.1 Å². The topological polar surface area (TPSA) is 70.4 Å². The Labute approximate surface area is 141 Å². The Balaban J connectivity index is 1.58. The first kappa shape index (κ1) is 16.3. The van der Waals surface area contributed by atoms with Gasteiger partial charge in [-0.05, 0) is 36.8 Å². The highest BCUT2D eigenvalue weighted by Gasteiger charge is 2.40. The molecule has 0 saturated heterocycles. The van der Waals surface area contributed by atoms with Crippen molar-refractivity contribution in [3.8, 4) is 6.07 Å². The van der Waals surface area contributed by atoms with Crippen LogP contribution in [0.25, 0.3) is 0 Å². The first-order valence-corrected chi connectivity index (χ1v) is 8.26. The molecule has 1 aromatic rings. The SMILES string of the molecule is N#CCCN(C(=O)COC(=O)[C@H]1C[C@H]2C=C[C@H]1C2)c1ccccc1. The van der Waals surface area contributed by atoms with Gasteiger partial charge in [0.1, 0.15) is 0 Å². The van der Waals surface area contributed by atoms with E-state index in [2.05, 4.69) is 12.2 Å². The van der Waals surface area contributed by atoms with Crippen LogP contribution in [0.5, 0.6) is 0 Å². The van der Waals surface area contributed by atoms with Gasteiger partial charge in [0, 0.05) is 12.2 Å². The third kappa shape index (κ3) is 3.48. The number of amides is 1. The van der Waals surface area contributed by atoms with E-state index in [-0.39, 0.29) is 43.3 Å². The van der Waals surface area contributed by atoms with Gasteiger partial charge >= 0.3 is 5.97 Å². The Hall–Kier alpha value is -2.61. The number of carbonyl (C=O) groups excluding carboxylic acids is 2. The van der Waals surface area contributed by atoms with Gasteiger partial charge in [-0.25, -0.2) is 0 Å². The minimum atomic E-state index is -0.302. The zero-order chi connectivity index (χ0) is 16.9. The summed E-state index contributed by atoms with van der Waals surface area (Å²) < 4.78 is 5.28. The summed E-state index contributed by atoms with van der Waals surface area (Å²) in [6.45, 7) is 0.00448. The Morgan fingerprint density at radius 2 is 2.00 bits per heavy atom. The lowest BCUT2D eigenvalue weighted by Gasteiger charge is -2.22. The van der Waals surface area contributed by atoms with Gasteiger partial charge in [-0.15, -0.1) is 0 Å². The summed E-state index contributed by atoms with van der Waals surface area (Å²) in [5.74, 6) is 0.0511. The van der Waals surface area contributed by atoms with Gasteiger partial charge < -0.3 is 9.64 Å². The standard InChI is InChI=1S/C19H20N2O3/c20-9-4-10-21(16-5-2-1-3-6-16)18(22)13-24-19(23)17-12-14-7-8-15(17)11-14/h1-3,5-8,14-15,17H,4,10-13H2/t14-,15-,17-/m0/s1. The summed E-state index contributed by atoms with van der Waals surface area (Å²) in [6.07, 6.45) is 6.33. The number of nitrogens with zero attached hydrogens (tertiary/aromatic N) is 2. The maximum absolute atomic E-state index is 12.5. The molecule has 0 heterocycles. The second-order valence-electron chi connectivity index (χ2n) is 6.28. The predicted octanol–water partition coefficient (Wildman–Crippen LogP) is 2.69. The number of ether oxygens (including phenoxy) is 1. The summed E-state index contributed by atoms with van der Waals surface area (Å²) in [7, 11) is 0. The molecule has 0 aromatic heterocycles. The van der Waals surface area contributed by atoms with Crippen LogP contribution < -0.4 is 4.90 Å². The highest BCUT2D eigenvalue weighted by atomic mass is 16.5. The third-order valence-corrected chi connectivity index (χ3v) is 4.74. The van der Waals surface area contributed by atoms with Gasteiger partial charge in [-0.1, -0.05) is 30.4 Å². The number of esters is 1. The second kappa shape index (κ2) is 7.31. The van der Waals surface area contributed by atoms with Crippen molar-refractivity contribution in [1.29, 1.82) is 5.26 Å². The summed E-state index contributed by atoms with van der Waals surface area (Å²) in [5.41, 5.74) is 0.705. The van der Waals surface area contributed by atoms with Crippen LogP contribution in [0.2, 0.25) is 0 Å². The van der Waals surface area contributed by atoms with Gasteiger partial charge in [0.15, 0.2) is 6.61 Å². The summed E-state index contributed by atoms with van der Waals surface area (Å²) in [6, 6.07) is 11.2. The zero-order valence-corrected chi connectivity index (χ0v) is 13.4. The number of carbonyl (C=O) groups is 2. The molecule has 124 valence electrons. The van der Waals surface area contributed by atoms with E-state index in [9.17, 15) is 9.59 Å². The van der Waals surface area contributed by atoms with E-state index in [1.165, 1.54) is 4.90 Å². The van der Waals surface area contributed by atoms with Crippen molar-refractivity contribution in [3.63, 3.8) is 0 Å². The minimum Gasteiger partial charge on any atom is -0.455 e. The number of hydrogen-bond acceptors (Lipinski definition) is 4. The molecule has 1 saturated carbocycles. The van der Waals surface area contributed by atoms with Gasteiger partial charge in [0.2, 0.25) is 0 Å². The lowest BCUT2D eigenvalue weighted by atomic mass is 9.94. The van der Waals surface area contributed by atoms with Crippen molar-refractivity contribution in [2.24, 2.45) is 17.8 Å². The van der Waals surface area contributed by atoms with E-state index in [0.29, 0.717) is 11.6 Å². The van der Waals surface area contributed by atoms with Crippen molar-refractivity contribution < 1.29 is 14.3 Å². The molecule has 0 aliphatic heterocycles. The zero-order valence-electron chi connectivity index (χ0n) is 13.4. The molecule has 1 fully saturated rings. The number of allylic oxidation sites excluding steroid dienone is 2. The van der Waals surface area contributed by atoms with Gasteiger partial charge in [-0.3, -0.25) is 9.59 Å². The maximum atomic E-state index is 12.5. The molecule has 2 aliphatic carbocycles. The molecule has 0 spiro atoms. The summed E-state index contributed by atoms with van der Waals surface area (Å²) >= 11 is 0. The monoisotopic (exact) mass is 324 g/mol. The van der Waals surface area contributed by atoms with Crippen LogP contribution in [0.15, 0.2) is 42.5 Å². The van der Waals surface area contributed by atoms with E-state index in [1.807, 2.05) is 24.3 Å².